The fourth-order valence-corrected chi connectivity index (χ4v) is 3.61. The third-order valence-electron chi connectivity index (χ3n) is 5.07. The molecule has 0 amide bonds. The first-order valence-corrected chi connectivity index (χ1v) is 8.41. The molecule has 0 aliphatic carbocycles. The predicted octanol–water partition coefficient (Wildman–Crippen LogP) is 0.700. The van der Waals surface area contributed by atoms with E-state index in [1.807, 2.05) is 44.4 Å². The average Bonchev–Trinajstić information content (AvgIpc) is 3.00. The fourth-order valence-electron chi connectivity index (χ4n) is 3.61. The Hall–Kier alpha value is -1.89. The smallest absolute Gasteiger partial charge is 0.325 e. The number of benzene rings is 1. The molecule has 0 unspecified atom stereocenters. The van der Waals surface area contributed by atoms with E-state index in [2.05, 4.69) is 14.8 Å². The summed E-state index contributed by atoms with van der Waals surface area (Å²) < 4.78 is 1.68. The molecule has 1 aromatic carbocycles. The third kappa shape index (κ3) is 3.31. The number of imidazole rings is 1. The first-order chi connectivity index (χ1) is 11.5. The van der Waals surface area contributed by atoms with E-state index in [-0.39, 0.29) is 11.7 Å². The average molecular weight is 330 g/mol. The monoisotopic (exact) mass is 330 g/mol. The van der Waals surface area contributed by atoms with Crippen molar-refractivity contribution in [2.24, 2.45) is 0 Å². The summed E-state index contributed by atoms with van der Waals surface area (Å²) in [6.45, 7) is 3.05. The van der Waals surface area contributed by atoms with Crippen LogP contribution in [-0.2, 0) is 12.1 Å². The lowest BCUT2D eigenvalue weighted by Gasteiger charge is -2.47. The Labute approximate surface area is 142 Å². The highest BCUT2D eigenvalue weighted by atomic mass is 16.3. The van der Waals surface area contributed by atoms with Crippen LogP contribution in [0.5, 0.6) is 0 Å². The Morgan fingerprint density at radius 3 is 2.67 bits per heavy atom. The Bertz CT molecular complexity index is 709. The van der Waals surface area contributed by atoms with Gasteiger partial charge in [-0.2, -0.15) is 0 Å². The van der Waals surface area contributed by atoms with Gasteiger partial charge in [0.1, 0.15) is 5.60 Å². The molecule has 0 radical (unpaired) electrons. The van der Waals surface area contributed by atoms with E-state index >= 15 is 0 Å². The summed E-state index contributed by atoms with van der Waals surface area (Å²) in [6.07, 6.45) is 4.12. The van der Waals surface area contributed by atoms with Gasteiger partial charge in [-0.3, -0.25) is 9.47 Å². The molecule has 1 aliphatic heterocycles. The minimum Gasteiger partial charge on any atom is -0.383 e. The summed E-state index contributed by atoms with van der Waals surface area (Å²) in [5.41, 5.74) is 0.0637. The number of piperidine rings is 1. The molecule has 24 heavy (non-hydrogen) atoms. The second-order valence-corrected chi connectivity index (χ2v) is 6.78. The molecule has 1 saturated heterocycles. The van der Waals surface area contributed by atoms with Crippen molar-refractivity contribution in [2.75, 3.05) is 33.7 Å². The van der Waals surface area contributed by atoms with Crippen LogP contribution in [0.2, 0.25) is 0 Å². The maximum Gasteiger partial charge on any atom is 0.325 e. The number of aromatic amines is 1. The van der Waals surface area contributed by atoms with Crippen LogP contribution in [0.25, 0.3) is 0 Å². The number of likely N-dealkylation sites (tertiary alicyclic amines) is 1. The number of nitrogens with zero attached hydrogens (tertiary/aromatic N) is 3. The van der Waals surface area contributed by atoms with Gasteiger partial charge >= 0.3 is 5.69 Å². The van der Waals surface area contributed by atoms with E-state index in [1.54, 1.807) is 17.0 Å². The van der Waals surface area contributed by atoms with Crippen molar-refractivity contribution in [1.29, 1.82) is 0 Å². The van der Waals surface area contributed by atoms with Crippen LogP contribution in [0, 0.1) is 0 Å². The molecule has 0 spiro atoms. The molecular weight excluding hydrogens is 304 g/mol. The molecule has 0 saturated carbocycles. The fraction of sp³-hybridized carbons (Fsp3) is 0.500. The lowest BCUT2D eigenvalue weighted by atomic mass is 9.80. The molecule has 6 nitrogen and oxygen atoms in total. The van der Waals surface area contributed by atoms with E-state index < -0.39 is 5.60 Å². The minimum absolute atomic E-state index is 0.0107. The van der Waals surface area contributed by atoms with Crippen molar-refractivity contribution in [3.8, 4) is 0 Å². The van der Waals surface area contributed by atoms with E-state index in [9.17, 15) is 9.90 Å². The van der Waals surface area contributed by atoms with Crippen LogP contribution in [0.1, 0.15) is 12.0 Å². The zero-order valence-electron chi connectivity index (χ0n) is 14.4. The zero-order chi connectivity index (χ0) is 17.2. The summed E-state index contributed by atoms with van der Waals surface area (Å²) in [5.74, 6) is 0. The first kappa shape index (κ1) is 17.0. The number of rotatable bonds is 5. The topological polar surface area (TPSA) is 64.5 Å². The molecule has 2 N–H and O–H groups in total. The molecule has 2 aromatic rings. The standard InChI is InChI=1S/C18H26N4O2/c1-20(2)16-14-21(12-13-22-11-9-19-17(22)23)10-8-18(16,24)15-6-4-3-5-7-15/h3-7,9,11,16,24H,8,10,12-14H2,1-2H3,(H,19,23)/t16-,18+/m1/s1. The normalized spacial score (nSPS) is 25.2. The van der Waals surface area contributed by atoms with E-state index in [0.29, 0.717) is 13.0 Å². The number of hydrogen-bond donors (Lipinski definition) is 2. The van der Waals surface area contributed by atoms with Crippen molar-refractivity contribution in [3.05, 3.63) is 58.8 Å². The molecule has 130 valence electrons. The lowest BCUT2D eigenvalue weighted by molar-refractivity contribution is -0.0880. The van der Waals surface area contributed by atoms with Crippen molar-refractivity contribution < 1.29 is 5.11 Å². The van der Waals surface area contributed by atoms with Gasteiger partial charge in [0, 0.05) is 38.6 Å². The number of aliphatic hydroxyl groups is 1. The van der Waals surface area contributed by atoms with Crippen LogP contribution in [0.15, 0.2) is 47.5 Å². The summed E-state index contributed by atoms with van der Waals surface area (Å²) in [5, 5.41) is 11.4. The van der Waals surface area contributed by atoms with Crippen LogP contribution in [-0.4, -0.2) is 64.2 Å². The van der Waals surface area contributed by atoms with Gasteiger partial charge in [-0.05, 0) is 26.1 Å². The van der Waals surface area contributed by atoms with Crippen molar-refractivity contribution in [2.45, 2.75) is 24.6 Å². The Balaban J connectivity index is 1.72. The summed E-state index contributed by atoms with van der Waals surface area (Å²) in [6, 6.07) is 9.95. The highest BCUT2D eigenvalue weighted by molar-refractivity contribution is 5.25. The Morgan fingerprint density at radius 1 is 1.29 bits per heavy atom. The van der Waals surface area contributed by atoms with E-state index in [0.717, 1.165) is 25.2 Å². The van der Waals surface area contributed by atoms with Gasteiger partial charge in [-0.1, -0.05) is 30.3 Å². The number of nitrogens with one attached hydrogen (secondary N) is 1. The molecule has 1 fully saturated rings. The van der Waals surface area contributed by atoms with Gasteiger partial charge < -0.3 is 15.0 Å². The zero-order valence-corrected chi connectivity index (χ0v) is 14.4. The van der Waals surface area contributed by atoms with Gasteiger partial charge in [0.25, 0.3) is 0 Å². The number of hydrogen-bond acceptors (Lipinski definition) is 4. The maximum atomic E-state index is 11.6. The minimum atomic E-state index is -0.841. The van der Waals surface area contributed by atoms with E-state index in [4.69, 9.17) is 0 Å². The predicted molar refractivity (Wildman–Crippen MR) is 93.9 cm³/mol. The van der Waals surface area contributed by atoms with Gasteiger partial charge in [-0.15, -0.1) is 0 Å². The van der Waals surface area contributed by atoms with Crippen molar-refractivity contribution in [1.82, 2.24) is 19.4 Å². The molecule has 6 heteroatoms. The highest BCUT2D eigenvalue weighted by Crippen LogP contribution is 2.35. The SMILES string of the molecule is CN(C)[C@@H]1CN(CCn2cc[nH]c2=O)CC[C@]1(O)c1ccccc1. The summed E-state index contributed by atoms with van der Waals surface area (Å²) in [4.78, 5) is 18.7. The van der Waals surface area contributed by atoms with Gasteiger partial charge in [-0.25, -0.2) is 4.79 Å². The maximum absolute atomic E-state index is 11.6. The number of H-pyrrole nitrogens is 1. The molecule has 3 rings (SSSR count). The Kier molecular flexibility index (Phi) is 4.89. The van der Waals surface area contributed by atoms with Gasteiger partial charge in [0.15, 0.2) is 0 Å². The first-order valence-electron chi connectivity index (χ1n) is 8.41. The van der Waals surface area contributed by atoms with Crippen molar-refractivity contribution in [3.63, 3.8) is 0 Å². The molecule has 2 heterocycles. The molecule has 1 aliphatic rings. The molecule has 2 atom stereocenters. The van der Waals surface area contributed by atoms with Crippen LogP contribution >= 0.6 is 0 Å². The third-order valence-corrected chi connectivity index (χ3v) is 5.07. The second-order valence-electron chi connectivity index (χ2n) is 6.78. The highest BCUT2D eigenvalue weighted by Gasteiger charge is 2.43. The van der Waals surface area contributed by atoms with Crippen LogP contribution < -0.4 is 5.69 Å². The van der Waals surface area contributed by atoms with Gasteiger partial charge in [0.05, 0.1) is 6.04 Å². The molecular formula is C18H26N4O2. The number of likely N-dealkylation sites (N-methyl/N-ethyl adjacent to an activating group) is 1. The Morgan fingerprint density at radius 2 is 2.04 bits per heavy atom. The molecule has 0 bridgehead atoms. The largest absolute Gasteiger partial charge is 0.383 e. The summed E-state index contributed by atoms with van der Waals surface area (Å²) >= 11 is 0. The van der Waals surface area contributed by atoms with Crippen LogP contribution in [0.4, 0.5) is 0 Å². The van der Waals surface area contributed by atoms with E-state index in [1.165, 1.54) is 0 Å². The summed E-state index contributed by atoms with van der Waals surface area (Å²) in [7, 11) is 4.03. The second kappa shape index (κ2) is 6.93. The quantitative estimate of drug-likeness (QED) is 0.847. The van der Waals surface area contributed by atoms with Crippen LogP contribution in [0.3, 0.4) is 0 Å². The molecule has 1 aromatic heterocycles. The van der Waals surface area contributed by atoms with Crippen molar-refractivity contribution >= 4 is 0 Å². The number of aromatic nitrogens is 2. The lowest BCUT2D eigenvalue weighted by Crippen LogP contribution is -2.59. The van der Waals surface area contributed by atoms with Gasteiger partial charge in [0.2, 0.25) is 0 Å².